The number of hydrazine groups is 1. The fourth-order valence-corrected chi connectivity index (χ4v) is 3.11. The Morgan fingerprint density at radius 3 is 2.37 bits per heavy atom. The number of alkyl carbamates (subject to hydrolysis) is 1. The Morgan fingerprint density at radius 2 is 1.87 bits per heavy atom. The first-order chi connectivity index (χ1) is 14.1. The highest BCUT2D eigenvalue weighted by Gasteiger charge is 2.31. The van der Waals surface area contributed by atoms with Gasteiger partial charge in [-0.15, -0.1) is 0 Å². The Bertz CT molecular complexity index is 741. The summed E-state index contributed by atoms with van der Waals surface area (Å²) in [4.78, 5) is 36.1. The largest absolute Gasteiger partial charge is 0.444 e. The molecular weight excluding hydrogens is 392 g/mol. The maximum absolute atomic E-state index is 13.3. The highest BCUT2D eigenvalue weighted by Crippen LogP contribution is 2.16. The molecule has 1 atom stereocenters. The van der Waals surface area contributed by atoms with Crippen LogP contribution in [0.2, 0.25) is 0 Å². The molecular formula is C20H30N4O6. The molecule has 2 rings (SSSR count). The minimum Gasteiger partial charge on any atom is -0.444 e. The number of hydrogen-bond acceptors (Lipinski definition) is 7. The highest BCUT2D eigenvalue weighted by molar-refractivity contribution is 5.85. The van der Waals surface area contributed by atoms with Gasteiger partial charge >= 0.3 is 6.09 Å². The van der Waals surface area contributed by atoms with E-state index in [1.165, 1.54) is 12.1 Å². The molecule has 1 fully saturated rings. The van der Waals surface area contributed by atoms with Gasteiger partial charge in [-0.2, -0.15) is 0 Å². The summed E-state index contributed by atoms with van der Waals surface area (Å²) in [7, 11) is 0. The first-order valence-corrected chi connectivity index (χ1v) is 9.97. The van der Waals surface area contributed by atoms with E-state index < -0.39 is 22.7 Å². The molecule has 1 aliphatic heterocycles. The summed E-state index contributed by atoms with van der Waals surface area (Å²) in [6.07, 6.45) is -0.516. The van der Waals surface area contributed by atoms with Gasteiger partial charge in [0, 0.05) is 38.2 Å². The summed E-state index contributed by atoms with van der Waals surface area (Å²) >= 11 is 0. The predicted molar refractivity (Wildman–Crippen MR) is 110 cm³/mol. The first-order valence-electron chi connectivity index (χ1n) is 9.97. The summed E-state index contributed by atoms with van der Waals surface area (Å²) < 4.78 is 10.7. The number of hydrogen-bond donors (Lipinski definition) is 1. The minimum atomic E-state index is -0.885. The minimum absolute atomic E-state index is 0.0368. The third-order valence-corrected chi connectivity index (χ3v) is 4.46. The van der Waals surface area contributed by atoms with Crippen LogP contribution in [0.15, 0.2) is 24.3 Å². The number of nitrogens with one attached hydrogen (secondary N) is 1. The fourth-order valence-electron chi connectivity index (χ4n) is 3.11. The number of carbonyl (C=O) groups is 2. The molecule has 0 aliphatic carbocycles. The van der Waals surface area contributed by atoms with Crippen LogP contribution in [0.4, 0.5) is 10.5 Å². The van der Waals surface area contributed by atoms with Crippen molar-refractivity contribution in [2.75, 3.05) is 32.8 Å². The van der Waals surface area contributed by atoms with Gasteiger partial charge in [-0.05, 0) is 33.3 Å². The smallest absolute Gasteiger partial charge is 0.408 e. The third kappa shape index (κ3) is 6.96. The van der Waals surface area contributed by atoms with Crippen molar-refractivity contribution in [2.24, 2.45) is 0 Å². The number of non-ortho nitro benzene ring substituents is 1. The number of amides is 2. The van der Waals surface area contributed by atoms with E-state index in [1.807, 2.05) is 11.9 Å². The molecule has 1 aromatic rings. The van der Waals surface area contributed by atoms with Crippen LogP contribution in [0.3, 0.4) is 0 Å². The summed E-state index contributed by atoms with van der Waals surface area (Å²) in [5.74, 6) is -0.274. The van der Waals surface area contributed by atoms with Crippen molar-refractivity contribution in [3.05, 3.63) is 39.9 Å². The number of nitro groups is 1. The molecule has 1 saturated heterocycles. The van der Waals surface area contributed by atoms with Crippen molar-refractivity contribution < 1.29 is 24.0 Å². The number of likely N-dealkylation sites (N-methyl/N-ethyl adjacent to an activating group) is 1. The van der Waals surface area contributed by atoms with Gasteiger partial charge in [-0.25, -0.2) is 9.80 Å². The van der Waals surface area contributed by atoms with Crippen LogP contribution in [0.25, 0.3) is 0 Å². The zero-order chi connectivity index (χ0) is 22.3. The van der Waals surface area contributed by atoms with Gasteiger partial charge in [0.25, 0.3) is 11.6 Å². The van der Waals surface area contributed by atoms with Crippen molar-refractivity contribution in [2.45, 2.75) is 45.8 Å². The topological polar surface area (TPSA) is 114 Å². The van der Waals surface area contributed by atoms with E-state index in [2.05, 4.69) is 5.32 Å². The van der Waals surface area contributed by atoms with Crippen LogP contribution in [-0.2, 0) is 20.7 Å². The Kier molecular flexibility index (Phi) is 8.13. The Hall–Kier alpha value is -2.72. The molecule has 0 bridgehead atoms. The number of ether oxygens (including phenoxy) is 2. The second-order valence-electron chi connectivity index (χ2n) is 7.95. The lowest BCUT2D eigenvalue weighted by molar-refractivity contribution is -0.384. The molecule has 10 nitrogen and oxygen atoms in total. The molecule has 1 aromatic carbocycles. The maximum Gasteiger partial charge on any atom is 0.408 e. The van der Waals surface area contributed by atoms with Crippen LogP contribution in [0, 0.1) is 10.1 Å². The Labute approximate surface area is 176 Å². The summed E-state index contributed by atoms with van der Waals surface area (Å²) in [5.41, 5.74) is -0.0575. The number of morpholine rings is 1. The molecule has 2 amide bonds. The van der Waals surface area contributed by atoms with Gasteiger partial charge in [-0.3, -0.25) is 19.9 Å². The molecule has 10 heteroatoms. The molecule has 166 valence electrons. The Morgan fingerprint density at radius 1 is 1.27 bits per heavy atom. The Balaban J connectivity index is 2.21. The zero-order valence-electron chi connectivity index (χ0n) is 17.9. The molecule has 1 unspecified atom stereocenters. The van der Waals surface area contributed by atoms with Gasteiger partial charge in [0.05, 0.1) is 18.1 Å². The van der Waals surface area contributed by atoms with Crippen LogP contribution < -0.4 is 5.32 Å². The van der Waals surface area contributed by atoms with E-state index in [9.17, 15) is 19.7 Å². The van der Waals surface area contributed by atoms with E-state index in [1.54, 1.807) is 37.9 Å². The second-order valence-corrected chi connectivity index (χ2v) is 7.95. The van der Waals surface area contributed by atoms with Crippen molar-refractivity contribution >= 4 is 17.7 Å². The summed E-state index contributed by atoms with van der Waals surface area (Å²) in [6, 6.07) is 5.04. The van der Waals surface area contributed by atoms with Crippen molar-refractivity contribution in [1.29, 1.82) is 0 Å². The van der Waals surface area contributed by atoms with E-state index in [4.69, 9.17) is 9.47 Å². The average molecular weight is 422 g/mol. The standard InChI is InChI=1S/C20H30N4O6/c1-5-23(22-10-12-29-13-11-22)18(25)17(21-19(26)30-20(2,3)4)14-15-6-8-16(9-7-15)24(27)28/h6-9,17H,5,10-14H2,1-4H3,(H,21,26). The van der Waals surface area contributed by atoms with Crippen molar-refractivity contribution in [3.63, 3.8) is 0 Å². The van der Waals surface area contributed by atoms with E-state index in [0.717, 1.165) is 0 Å². The van der Waals surface area contributed by atoms with Crippen LogP contribution in [0.5, 0.6) is 0 Å². The monoisotopic (exact) mass is 422 g/mol. The van der Waals surface area contributed by atoms with E-state index in [-0.39, 0.29) is 18.0 Å². The van der Waals surface area contributed by atoms with E-state index >= 15 is 0 Å². The average Bonchev–Trinajstić information content (AvgIpc) is 2.67. The fraction of sp³-hybridized carbons (Fsp3) is 0.600. The summed E-state index contributed by atoms with van der Waals surface area (Å²) in [5, 5.41) is 17.1. The molecule has 1 N–H and O–H groups in total. The first kappa shape index (κ1) is 23.6. The molecule has 1 aliphatic rings. The van der Waals surface area contributed by atoms with Crippen molar-refractivity contribution in [1.82, 2.24) is 15.3 Å². The molecule has 0 aromatic heterocycles. The number of rotatable bonds is 7. The van der Waals surface area contributed by atoms with Crippen LogP contribution >= 0.6 is 0 Å². The molecule has 0 spiro atoms. The number of nitrogens with zero attached hydrogens (tertiary/aromatic N) is 3. The lowest BCUT2D eigenvalue weighted by Crippen LogP contribution is -2.58. The normalized spacial score (nSPS) is 15.9. The molecule has 1 heterocycles. The molecule has 30 heavy (non-hydrogen) atoms. The van der Waals surface area contributed by atoms with Crippen LogP contribution in [-0.4, -0.2) is 71.4 Å². The van der Waals surface area contributed by atoms with E-state index in [0.29, 0.717) is 38.4 Å². The number of benzene rings is 1. The number of carbonyl (C=O) groups excluding carboxylic acids is 2. The predicted octanol–water partition coefficient (Wildman–Crippen LogP) is 2.13. The SMILES string of the molecule is CCN(C(=O)C(Cc1ccc([N+](=O)[O-])cc1)NC(=O)OC(C)(C)C)N1CCOCC1. The van der Waals surface area contributed by atoms with Crippen LogP contribution in [0.1, 0.15) is 33.3 Å². The lowest BCUT2D eigenvalue weighted by atomic mass is 10.0. The lowest BCUT2D eigenvalue weighted by Gasteiger charge is -2.38. The van der Waals surface area contributed by atoms with Gasteiger partial charge in [-0.1, -0.05) is 12.1 Å². The number of nitro benzene ring substituents is 1. The van der Waals surface area contributed by atoms with Crippen molar-refractivity contribution in [3.8, 4) is 0 Å². The molecule has 0 saturated carbocycles. The summed E-state index contributed by atoms with van der Waals surface area (Å²) in [6.45, 7) is 9.73. The zero-order valence-corrected chi connectivity index (χ0v) is 17.9. The quantitative estimate of drug-likeness (QED) is 0.529. The second kappa shape index (κ2) is 10.4. The third-order valence-electron chi connectivity index (χ3n) is 4.46. The van der Waals surface area contributed by atoms with Gasteiger partial charge in [0.15, 0.2) is 0 Å². The van der Waals surface area contributed by atoms with Gasteiger partial charge in [0.1, 0.15) is 11.6 Å². The highest BCUT2D eigenvalue weighted by atomic mass is 16.6. The maximum atomic E-state index is 13.3. The van der Waals surface area contributed by atoms with Gasteiger partial charge in [0.2, 0.25) is 0 Å². The van der Waals surface area contributed by atoms with Gasteiger partial charge < -0.3 is 14.8 Å². The molecule has 0 radical (unpaired) electrons.